The molecule has 0 fully saturated rings. The van der Waals surface area contributed by atoms with E-state index in [0.717, 1.165) is 6.07 Å². The molecule has 0 aliphatic rings. The van der Waals surface area contributed by atoms with E-state index in [4.69, 9.17) is 0 Å². The van der Waals surface area contributed by atoms with Crippen LogP contribution in [0.1, 0.15) is 27.9 Å². The van der Waals surface area contributed by atoms with Gasteiger partial charge in [0.15, 0.2) is 0 Å². The van der Waals surface area contributed by atoms with E-state index in [1.54, 1.807) is 12.3 Å². The summed E-state index contributed by atoms with van der Waals surface area (Å²) in [5.41, 5.74) is -1.18. The average molecular weight is 291 g/mol. The first-order chi connectivity index (χ1) is 8.79. The fourth-order valence-corrected chi connectivity index (χ4v) is 2.24. The molecule has 1 aromatic carbocycles. The maximum atomic E-state index is 13.1. The van der Waals surface area contributed by atoms with Crippen molar-refractivity contribution in [3.05, 3.63) is 51.2 Å². The molecule has 0 radical (unpaired) electrons. The van der Waals surface area contributed by atoms with Crippen molar-refractivity contribution in [1.29, 1.82) is 0 Å². The fourth-order valence-electron chi connectivity index (χ4n) is 1.61. The van der Waals surface area contributed by atoms with Gasteiger partial charge in [-0.2, -0.15) is 13.2 Å². The first kappa shape index (κ1) is 14.0. The number of thiazole rings is 1. The number of aromatic nitrogens is 1. The summed E-state index contributed by atoms with van der Waals surface area (Å²) < 4.78 is 50.8. The number of halogens is 4. The van der Waals surface area contributed by atoms with Gasteiger partial charge in [-0.05, 0) is 24.6 Å². The second kappa shape index (κ2) is 4.90. The predicted octanol–water partition coefficient (Wildman–Crippen LogP) is 3.69. The topological polar surface area (TPSA) is 33.1 Å². The number of hydrogen-bond acceptors (Lipinski definition) is 3. The molecule has 0 saturated carbocycles. The Hall–Kier alpha value is -1.47. The Kier molecular flexibility index (Phi) is 3.60. The molecule has 0 bridgehead atoms. The smallest absolute Gasteiger partial charge is 0.382 e. The van der Waals surface area contributed by atoms with E-state index in [1.807, 2.05) is 0 Å². The summed E-state index contributed by atoms with van der Waals surface area (Å²) in [6, 6.07) is 2.42. The minimum atomic E-state index is -4.79. The van der Waals surface area contributed by atoms with Gasteiger partial charge in [0.25, 0.3) is 0 Å². The van der Waals surface area contributed by atoms with Crippen molar-refractivity contribution in [2.75, 3.05) is 0 Å². The number of rotatable bonds is 2. The SMILES string of the molecule is Cc1nc(C(O)c2ccc(F)c(C(F)(F)F)c2)cs1. The fraction of sp³-hybridized carbons (Fsp3) is 0.250. The van der Waals surface area contributed by atoms with Gasteiger partial charge in [-0.15, -0.1) is 11.3 Å². The molecule has 0 aliphatic heterocycles. The Labute approximate surface area is 110 Å². The van der Waals surface area contributed by atoms with Crippen LogP contribution in [-0.2, 0) is 6.18 Å². The Balaban J connectivity index is 2.41. The van der Waals surface area contributed by atoms with Crippen LogP contribution in [0, 0.1) is 12.7 Å². The van der Waals surface area contributed by atoms with E-state index in [0.29, 0.717) is 17.1 Å². The van der Waals surface area contributed by atoms with Crippen molar-refractivity contribution < 1.29 is 22.7 Å². The highest BCUT2D eigenvalue weighted by Gasteiger charge is 2.34. The van der Waals surface area contributed by atoms with Gasteiger partial charge >= 0.3 is 6.18 Å². The lowest BCUT2D eigenvalue weighted by molar-refractivity contribution is -0.140. The normalized spacial score (nSPS) is 13.6. The second-order valence-electron chi connectivity index (χ2n) is 3.93. The van der Waals surface area contributed by atoms with Crippen LogP contribution in [0.2, 0.25) is 0 Å². The average Bonchev–Trinajstić information content (AvgIpc) is 2.74. The summed E-state index contributed by atoms with van der Waals surface area (Å²) >= 11 is 1.27. The molecule has 0 spiro atoms. The third-order valence-electron chi connectivity index (χ3n) is 2.53. The lowest BCUT2D eigenvalue weighted by Gasteiger charge is -2.13. The van der Waals surface area contributed by atoms with Crippen molar-refractivity contribution >= 4 is 11.3 Å². The number of aliphatic hydroxyl groups excluding tert-OH is 1. The van der Waals surface area contributed by atoms with E-state index in [1.165, 1.54) is 11.3 Å². The van der Waals surface area contributed by atoms with E-state index in [9.17, 15) is 22.7 Å². The number of nitrogens with zero attached hydrogens (tertiary/aromatic N) is 1. The molecule has 0 saturated heterocycles. The summed E-state index contributed by atoms with van der Waals surface area (Å²) in [5.74, 6) is -1.36. The van der Waals surface area contributed by atoms with Crippen LogP contribution in [0.5, 0.6) is 0 Å². The van der Waals surface area contributed by atoms with Crippen molar-refractivity contribution in [1.82, 2.24) is 4.98 Å². The third kappa shape index (κ3) is 2.93. The Morgan fingerprint density at radius 3 is 2.53 bits per heavy atom. The third-order valence-corrected chi connectivity index (χ3v) is 3.32. The van der Waals surface area contributed by atoms with Crippen LogP contribution < -0.4 is 0 Å². The molecule has 1 aromatic heterocycles. The van der Waals surface area contributed by atoms with E-state index in [2.05, 4.69) is 4.98 Å². The Bertz CT molecular complexity index is 594. The van der Waals surface area contributed by atoms with Gasteiger partial charge < -0.3 is 5.11 Å². The first-order valence-corrected chi connectivity index (χ1v) is 6.13. The highest BCUT2D eigenvalue weighted by Crippen LogP contribution is 2.34. The summed E-state index contributed by atoms with van der Waals surface area (Å²) in [6.45, 7) is 1.71. The van der Waals surface area contributed by atoms with Gasteiger partial charge in [0.1, 0.15) is 11.9 Å². The minimum absolute atomic E-state index is 0.0426. The number of benzene rings is 1. The molecule has 7 heteroatoms. The summed E-state index contributed by atoms with van der Waals surface area (Å²) in [5, 5.41) is 12.2. The monoisotopic (exact) mass is 291 g/mol. The van der Waals surface area contributed by atoms with Crippen molar-refractivity contribution in [3.63, 3.8) is 0 Å². The number of aliphatic hydroxyl groups is 1. The number of alkyl halides is 3. The molecule has 1 N–H and O–H groups in total. The molecular formula is C12H9F4NOS. The zero-order chi connectivity index (χ0) is 14.2. The van der Waals surface area contributed by atoms with Crippen LogP contribution >= 0.6 is 11.3 Å². The van der Waals surface area contributed by atoms with Gasteiger partial charge in [-0.1, -0.05) is 6.07 Å². The molecule has 0 aliphatic carbocycles. The lowest BCUT2D eigenvalue weighted by Crippen LogP contribution is -2.10. The molecule has 2 nitrogen and oxygen atoms in total. The Morgan fingerprint density at radius 2 is 2.00 bits per heavy atom. The summed E-state index contributed by atoms with van der Waals surface area (Å²) in [4.78, 5) is 3.99. The lowest BCUT2D eigenvalue weighted by atomic mass is 10.0. The zero-order valence-corrected chi connectivity index (χ0v) is 10.5. The second-order valence-corrected chi connectivity index (χ2v) is 4.99. The molecular weight excluding hydrogens is 282 g/mol. The van der Waals surface area contributed by atoms with E-state index >= 15 is 0 Å². The van der Waals surface area contributed by atoms with E-state index in [-0.39, 0.29) is 11.3 Å². The van der Waals surface area contributed by atoms with Gasteiger partial charge in [-0.25, -0.2) is 9.37 Å². The Morgan fingerprint density at radius 1 is 1.32 bits per heavy atom. The van der Waals surface area contributed by atoms with Crippen LogP contribution in [-0.4, -0.2) is 10.1 Å². The molecule has 1 atom stereocenters. The van der Waals surface area contributed by atoms with Crippen LogP contribution in [0.15, 0.2) is 23.6 Å². The molecule has 2 aromatic rings. The van der Waals surface area contributed by atoms with Gasteiger partial charge in [0, 0.05) is 5.38 Å². The van der Waals surface area contributed by atoms with Gasteiger partial charge in [0.2, 0.25) is 0 Å². The van der Waals surface area contributed by atoms with Gasteiger partial charge in [0.05, 0.1) is 16.3 Å². The molecule has 0 amide bonds. The highest BCUT2D eigenvalue weighted by atomic mass is 32.1. The standard InChI is InChI=1S/C12H9F4NOS/c1-6-17-10(5-19-6)11(18)7-2-3-9(13)8(4-7)12(14,15)16/h2-5,11,18H,1H3. The molecule has 19 heavy (non-hydrogen) atoms. The molecule has 1 unspecified atom stereocenters. The summed E-state index contributed by atoms with van der Waals surface area (Å²) in [6.07, 6.45) is -6.09. The first-order valence-electron chi connectivity index (χ1n) is 5.26. The number of aryl methyl sites for hydroxylation is 1. The summed E-state index contributed by atoms with van der Waals surface area (Å²) in [7, 11) is 0. The highest BCUT2D eigenvalue weighted by molar-refractivity contribution is 7.09. The minimum Gasteiger partial charge on any atom is -0.382 e. The zero-order valence-electron chi connectivity index (χ0n) is 9.70. The quantitative estimate of drug-likeness (QED) is 0.856. The van der Waals surface area contributed by atoms with Gasteiger partial charge in [-0.3, -0.25) is 0 Å². The van der Waals surface area contributed by atoms with Crippen LogP contribution in [0.4, 0.5) is 17.6 Å². The maximum absolute atomic E-state index is 13.1. The van der Waals surface area contributed by atoms with Crippen LogP contribution in [0.3, 0.4) is 0 Å². The molecule has 2 rings (SSSR count). The van der Waals surface area contributed by atoms with Crippen molar-refractivity contribution in [3.8, 4) is 0 Å². The number of hydrogen-bond donors (Lipinski definition) is 1. The van der Waals surface area contributed by atoms with Crippen molar-refractivity contribution in [2.24, 2.45) is 0 Å². The largest absolute Gasteiger partial charge is 0.419 e. The predicted molar refractivity (Wildman–Crippen MR) is 62.3 cm³/mol. The van der Waals surface area contributed by atoms with Crippen molar-refractivity contribution in [2.45, 2.75) is 19.2 Å². The molecule has 1 heterocycles. The maximum Gasteiger partial charge on any atom is 0.419 e. The molecule has 102 valence electrons. The van der Waals surface area contributed by atoms with E-state index < -0.39 is 23.7 Å². The van der Waals surface area contributed by atoms with Crippen LogP contribution in [0.25, 0.3) is 0 Å².